The van der Waals surface area contributed by atoms with Crippen LogP contribution < -0.4 is 5.32 Å². The molecule has 3 N–H and O–H groups in total. The predicted molar refractivity (Wildman–Crippen MR) is 117 cm³/mol. The molecule has 0 saturated heterocycles. The molecule has 0 unspecified atom stereocenters. The van der Waals surface area contributed by atoms with Crippen LogP contribution in [0.15, 0.2) is 41.1 Å². The van der Waals surface area contributed by atoms with Crippen LogP contribution in [0.1, 0.15) is 29.7 Å². The molecule has 0 saturated carbocycles. The fourth-order valence-electron chi connectivity index (χ4n) is 3.25. The molecule has 3 aromatic heterocycles. The Balaban J connectivity index is 1.40. The summed E-state index contributed by atoms with van der Waals surface area (Å²) >= 11 is 6.40. The summed E-state index contributed by atoms with van der Waals surface area (Å²) in [6.07, 6.45) is -1.45. The van der Waals surface area contributed by atoms with Gasteiger partial charge in [-0.1, -0.05) is 17.7 Å². The van der Waals surface area contributed by atoms with E-state index in [9.17, 15) is 23.1 Å². The number of rotatable bonds is 5. The zero-order valence-corrected chi connectivity index (χ0v) is 18.6. The third kappa shape index (κ3) is 5.58. The highest BCUT2D eigenvalue weighted by Crippen LogP contribution is 2.31. The Kier molecular flexibility index (Phi) is 7.00. The molecule has 1 atom stereocenters. The molecular weight excluding hydrogens is 493 g/mol. The molecule has 3 aromatic rings. The quantitative estimate of drug-likeness (QED) is 0.474. The highest BCUT2D eigenvalue weighted by atomic mass is 35.5. The number of amides is 2. The van der Waals surface area contributed by atoms with Crippen LogP contribution in [-0.2, 0) is 6.18 Å². The van der Waals surface area contributed by atoms with Crippen molar-refractivity contribution in [2.75, 3.05) is 25.0 Å². The van der Waals surface area contributed by atoms with Crippen LogP contribution in [-0.4, -0.2) is 61.0 Å². The van der Waals surface area contributed by atoms with Gasteiger partial charge in [-0.2, -0.15) is 13.2 Å². The van der Waals surface area contributed by atoms with Gasteiger partial charge in [0.25, 0.3) is 0 Å². The molecule has 0 bridgehead atoms. The van der Waals surface area contributed by atoms with Gasteiger partial charge < -0.3 is 19.5 Å². The molecule has 184 valence electrons. The van der Waals surface area contributed by atoms with Gasteiger partial charge in [-0.05, 0) is 30.2 Å². The van der Waals surface area contributed by atoms with Crippen LogP contribution in [0.25, 0.3) is 17.0 Å². The van der Waals surface area contributed by atoms with E-state index in [1.165, 1.54) is 11.1 Å². The smallest absolute Gasteiger partial charge is 0.417 e. The third-order valence-electron chi connectivity index (χ3n) is 5.11. The van der Waals surface area contributed by atoms with Gasteiger partial charge in [-0.25, -0.2) is 9.78 Å². The van der Waals surface area contributed by atoms with Gasteiger partial charge in [-0.3, -0.25) is 10.3 Å². The van der Waals surface area contributed by atoms with Crippen LogP contribution in [0.5, 0.6) is 0 Å². The van der Waals surface area contributed by atoms with Gasteiger partial charge in [0.2, 0.25) is 11.8 Å². The average Bonchev–Trinajstić information content (AvgIpc) is 3.34. The largest absolute Gasteiger partial charge is 0.418 e. The van der Waals surface area contributed by atoms with Crippen molar-refractivity contribution in [3.8, 4) is 11.5 Å². The van der Waals surface area contributed by atoms with Crippen molar-refractivity contribution in [1.29, 1.82) is 0 Å². The minimum absolute atomic E-state index is 0.00812. The van der Waals surface area contributed by atoms with Crippen molar-refractivity contribution in [2.24, 2.45) is 0 Å². The monoisotopic (exact) mass is 510 g/mol. The fourth-order valence-corrected chi connectivity index (χ4v) is 3.54. The Morgan fingerprint density at radius 3 is 2.66 bits per heavy atom. The number of alkyl halides is 3. The highest BCUT2D eigenvalue weighted by molar-refractivity contribution is 6.32. The highest BCUT2D eigenvalue weighted by Gasteiger charge is 2.31. The van der Waals surface area contributed by atoms with Gasteiger partial charge in [0.15, 0.2) is 6.10 Å². The third-order valence-corrected chi connectivity index (χ3v) is 5.40. The molecular formula is C21H18ClF3N6O4. The molecule has 4 rings (SSSR count). The van der Waals surface area contributed by atoms with Crippen molar-refractivity contribution in [1.82, 2.24) is 25.1 Å². The molecule has 0 fully saturated rings. The first-order valence-corrected chi connectivity index (χ1v) is 10.6. The predicted octanol–water partition coefficient (Wildman–Crippen LogP) is 3.55. The topological polar surface area (TPSA) is 138 Å². The normalized spacial score (nSPS) is 15.0. The Hall–Kier alpha value is -3.55. The zero-order valence-electron chi connectivity index (χ0n) is 17.8. The molecule has 1 aliphatic rings. The van der Waals surface area contributed by atoms with E-state index in [-0.39, 0.29) is 24.1 Å². The van der Waals surface area contributed by atoms with Gasteiger partial charge >= 0.3 is 12.2 Å². The Morgan fingerprint density at radius 1 is 1.26 bits per heavy atom. The summed E-state index contributed by atoms with van der Waals surface area (Å²) in [6, 6.07) is 3.01. The van der Waals surface area contributed by atoms with Crippen LogP contribution in [0.3, 0.4) is 0 Å². The van der Waals surface area contributed by atoms with E-state index in [0.717, 1.165) is 17.7 Å². The number of aromatic nitrogens is 4. The molecule has 0 aromatic carbocycles. The van der Waals surface area contributed by atoms with Crippen molar-refractivity contribution < 1.29 is 32.6 Å². The number of hydrogen-bond donors (Lipinski definition) is 3. The fraction of sp³-hybridized carbons (Fsp3) is 0.286. The van der Waals surface area contributed by atoms with Gasteiger partial charge in [-0.15, -0.1) is 10.2 Å². The van der Waals surface area contributed by atoms with Crippen LogP contribution in [0.4, 0.5) is 23.8 Å². The summed E-state index contributed by atoms with van der Waals surface area (Å²) in [6.45, 7) is -0.0125. The summed E-state index contributed by atoms with van der Waals surface area (Å²) < 4.78 is 43.3. The summed E-state index contributed by atoms with van der Waals surface area (Å²) in [7, 11) is 0. The molecule has 0 aliphatic carbocycles. The lowest BCUT2D eigenvalue weighted by molar-refractivity contribution is -0.137. The summed E-state index contributed by atoms with van der Waals surface area (Å²) in [5.41, 5.74) is 0.831. The number of halogens is 4. The van der Waals surface area contributed by atoms with Crippen LogP contribution in [0.2, 0.25) is 5.02 Å². The maximum atomic E-state index is 12.6. The van der Waals surface area contributed by atoms with Crippen LogP contribution >= 0.6 is 11.6 Å². The van der Waals surface area contributed by atoms with E-state index in [4.69, 9.17) is 21.1 Å². The number of hydrogen-bond acceptors (Lipinski definition) is 8. The Morgan fingerprint density at radius 2 is 2.06 bits per heavy atom. The first-order valence-electron chi connectivity index (χ1n) is 10.2. The molecule has 0 radical (unpaired) electrons. The van der Waals surface area contributed by atoms with E-state index in [1.807, 2.05) is 0 Å². The SMILES string of the molecule is O=C(Nc1ccc(C(F)(F)F)cn1)N1CC=C(c2ncc(-c3nnc([C@@H](O)CO)o3)cc2Cl)CC1. The summed E-state index contributed by atoms with van der Waals surface area (Å²) in [5.74, 6) is -0.0536. The van der Waals surface area contributed by atoms with Crippen LogP contribution in [0, 0.1) is 0 Å². The molecule has 10 nitrogen and oxygen atoms in total. The Bertz CT molecular complexity index is 1250. The van der Waals surface area contributed by atoms with E-state index in [0.29, 0.717) is 35.4 Å². The molecule has 35 heavy (non-hydrogen) atoms. The first-order chi connectivity index (χ1) is 16.7. The number of aliphatic hydroxyl groups is 2. The molecule has 0 spiro atoms. The van der Waals surface area contributed by atoms with E-state index < -0.39 is 30.5 Å². The maximum Gasteiger partial charge on any atom is 0.417 e. The number of nitrogens with one attached hydrogen (secondary N) is 1. The second kappa shape index (κ2) is 9.98. The van der Waals surface area contributed by atoms with Crippen molar-refractivity contribution in [2.45, 2.75) is 18.7 Å². The second-order valence-electron chi connectivity index (χ2n) is 7.48. The summed E-state index contributed by atoms with van der Waals surface area (Å²) in [4.78, 5) is 21.9. The average molecular weight is 511 g/mol. The second-order valence-corrected chi connectivity index (χ2v) is 7.89. The number of carbonyl (C=O) groups is 1. The summed E-state index contributed by atoms with van der Waals surface area (Å²) in [5, 5.41) is 28.8. The van der Waals surface area contributed by atoms with E-state index >= 15 is 0 Å². The lowest BCUT2D eigenvalue weighted by Crippen LogP contribution is -2.38. The zero-order chi connectivity index (χ0) is 25.2. The first kappa shape index (κ1) is 24.6. The maximum absolute atomic E-state index is 12.6. The lowest BCUT2D eigenvalue weighted by atomic mass is 10.0. The van der Waals surface area contributed by atoms with Gasteiger partial charge in [0.05, 0.1) is 28.5 Å². The standard InChI is InChI=1S/C21H18ClF3N6O4/c22-14-7-12(18-29-30-19(35-18)15(33)10-32)8-27-17(14)11-3-5-31(6-4-11)20(34)28-16-2-1-13(9-26-16)21(23,24)25/h1-3,7-9,15,32-33H,4-6,10H2,(H,26,28,34)/t15-/m0/s1. The van der Waals surface area contributed by atoms with E-state index in [2.05, 4.69) is 25.5 Å². The number of anilines is 1. The lowest BCUT2D eigenvalue weighted by Gasteiger charge is -2.26. The minimum Gasteiger partial charge on any atom is -0.418 e. The van der Waals surface area contributed by atoms with Gasteiger partial charge in [0.1, 0.15) is 5.82 Å². The molecule has 4 heterocycles. The number of nitrogens with zero attached hydrogens (tertiary/aromatic N) is 5. The van der Waals surface area contributed by atoms with Crippen molar-refractivity contribution in [3.05, 3.63) is 58.8 Å². The Labute approximate surface area is 201 Å². The number of pyridine rings is 2. The number of aliphatic hydroxyl groups excluding tert-OH is 2. The van der Waals surface area contributed by atoms with Crippen molar-refractivity contribution >= 4 is 29.0 Å². The number of urea groups is 1. The number of carbonyl (C=O) groups excluding carboxylic acids is 1. The minimum atomic E-state index is -4.51. The molecule has 1 aliphatic heterocycles. The van der Waals surface area contributed by atoms with E-state index in [1.54, 1.807) is 12.1 Å². The van der Waals surface area contributed by atoms with Gasteiger partial charge in [0, 0.05) is 25.5 Å². The van der Waals surface area contributed by atoms with Crippen molar-refractivity contribution in [3.63, 3.8) is 0 Å². The molecule has 14 heteroatoms. The molecule has 2 amide bonds.